The maximum absolute atomic E-state index is 13.3. The summed E-state index contributed by atoms with van der Waals surface area (Å²) in [6.45, 7) is 0.138. The van der Waals surface area contributed by atoms with Gasteiger partial charge in [-0.1, -0.05) is 65.8 Å². The number of aromatic nitrogens is 3. The summed E-state index contributed by atoms with van der Waals surface area (Å²) in [4.78, 5) is 10.5. The number of rotatable bonds is 6. The molecular weight excluding hydrogens is 461 g/mol. The number of hydrogen-bond donors (Lipinski definition) is 0. The van der Waals surface area contributed by atoms with E-state index in [0.29, 0.717) is 23.2 Å². The van der Waals surface area contributed by atoms with E-state index < -0.39 is 0 Å². The zero-order valence-electron chi connectivity index (χ0n) is 18.4. The zero-order chi connectivity index (χ0) is 23.6. The topological polar surface area (TPSA) is 61.0 Å². The molecule has 3 heterocycles. The maximum Gasteiger partial charge on any atom is 0.227 e. The van der Waals surface area contributed by atoms with Crippen LogP contribution in [0.2, 0.25) is 0 Å². The van der Waals surface area contributed by atoms with E-state index in [1.807, 2.05) is 48.5 Å². The SMILES string of the molecule is Fc1ccc(-c2cc(COc3nc(-c4ccccc4)nc4scc(-c5ccccc5)c34)on2)cc1. The van der Waals surface area contributed by atoms with Crippen LogP contribution in [0.1, 0.15) is 5.76 Å². The summed E-state index contributed by atoms with van der Waals surface area (Å²) in [5.74, 6) is 1.31. The Balaban J connectivity index is 1.37. The number of thiophene rings is 1. The van der Waals surface area contributed by atoms with Gasteiger partial charge in [0.25, 0.3) is 0 Å². The molecule has 3 aromatic carbocycles. The molecule has 0 bridgehead atoms. The predicted molar refractivity (Wildman–Crippen MR) is 135 cm³/mol. The normalized spacial score (nSPS) is 11.1. The lowest BCUT2D eigenvalue weighted by Gasteiger charge is -2.09. The fourth-order valence-electron chi connectivity index (χ4n) is 3.84. The molecule has 0 N–H and O–H groups in total. The highest BCUT2D eigenvalue weighted by Crippen LogP contribution is 2.39. The first kappa shape index (κ1) is 21.2. The first-order valence-corrected chi connectivity index (χ1v) is 11.9. The van der Waals surface area contributed by atoms with Crippen molar-refractivity contribution in [3.63, 3.8) is 0 Å². The van der Waals surface area contributed by atoms with Gasteiger partial charge < -0.3 is 9.26 Å². The van der Waals surface area contributed by atoms with Crippen LogP contribution < -0.4 is 4.74 Å². The molecule has 170 valence electrons. The monoisotopic (exact) mass is 479 g/mol. The van der Waals surface area contributed by atoms with Crippen molar-refractivity contribution in [2.45, 2.75) is 6.61 Å². The van der Waals surface area contributed by atoms with Crippen LogP contribution in [0, 0.1) is 5.82 Å². The van der Waals surface area contributed by atoms with Crippen LogP contribution in [-0.4, -0.2) is 15.1 Å². The quantitative estimate of drug-likeness (QED) is 0.249. The van der Waals surface area contributed by atoms with Gasteiger partial charge in [0.15, 0.2) is 18.2 Å². The standard InChI is InChI=1S/C28H18FN3O2S/c29-21-13-11-19(12-14-21)24-15-22(34-32-24)16-33-27-25-23(18-7-3-1-4-8-18)17-35-28(25)31-26(30-27)20-9-5-2-6-10-20/h1-15,17H,16H2. The Morgan fingerprint density at radius 3 is 2.26 bits per heavy atom. The molecular formula is C28H18FN3O2S. The van der Waals surface area contributed by atoms with E-state index in [1.165, 1.54) is 12.1 Å². The lowest BCUT2D eigenvalue weighted by Crippen LogP contribution is -2.00. The summed E-state index contributed by atoms with van der Waals surface area (Å²) in [5.41, 5.74) is 4.37. The first-order valence-electron chi connectivity index (χ1n) is 11.0. The van der Waals surface area contributed by atoms with Gasteiger partial charge >= 0.3 is 0 Å². The molecule has 0 aliphatic rings. The molecule has 35 heavy (non-hydrogen) atoms. The molecule has 3 aromatic heterocycles. The van der Waals surface area contributed by atoms with Gasteiger partial charge in [-0.05, 0) is 29.8 Å². The largest absolute Gasteiger partial charge is 0.469 e. The molecule has 0 aliphatic heterocycles. The Labute approximate surface area is 204 Å². The van der Waals surface area contributed by atoms with E-state index in [4.69, 9.17) is 19.2 Å². The number of fused-ring (bicyclic) bond motifs is 1. The highest BCUT2D eigenvalue weighted by molar-refractivity contribution is 7.17. The maximum atomic E-state index is 13.3. The molecule has 0 aliphatic carbocycles. The summed E-state index contributed by atoms with van der Waals surface area (Å²) in [6, 6.07) is 27.8. The van der Waals surface area contributed by atoms with E-state index in [0.717, 1.165) is 32.5 Å². The van der Waals surface area contributed by atoms with Gasteiger partial charge in [0.1, 0.15) is 16.3 Å². The second kappa shape index (κ2) is 9.12. The first-order chi connectivity index (χ1) is 17.2. The molecule has 6 rings (SSSR count). The minimum Gasteiger partial charge on any atom is -0.469 e. The van der Waals surface area contributed by atoms with Gasteiger partial charge in [-0.2, -0.15) is 4.98 Å². The van der Waals surface area contributed by atoms with Crippen molar-refractivity contribution in [2.24, 2.45) is 0 Å². The molecule has 6 aromatic rings. The van der Waals surface area contributed by atoms with Crippen molar-refractivity contribution in [1.82, 2.24) is 15.1 Å². The highest BCUT2D eigenvalue weighted by Gasteiger charge is 2.18. The molecule has 0 spiro atoms. The third kappa shape index (κ3) is 4.29. The molecule has 0 amide bonds. The molecule has 5 nitrogen and oxygen atoms in total. The van der Waals surface area contributed by atoms with Crippen molar-refractivity contribution in [2.75, 3.05) is 0 Å². The Morgan fingerprint density at radius 2 is 1.51 bits per heavy atom. The van der Waals surface area contributed by atoms with E-state index in [-0.39, 0.29) is 12.4 Å². The smallest absolute Gasteiger partial charge is 0.227 e. The third-order valence-electron chi connectivity index (χ3n) is 5.57. The number of nitrogens with zero attached hydrogens (tertiary/aromatic N) is 3. The van der Waals surface area contributed by atoms with E-state index >= 15 is 0 Å². The predicted octanol–water partition coefficient (Wildman–Crippen LogP) is 7.40. The minimum atomic E-state index is -0.298. The number of halogens is 1. The van der Waals surface area contributed by atoms with Crippen molar-refractivity contribution in [3.05, 3.63) is 108 Å². The molecule has 0 fully saturated rings. The molecule has 0 saturated heterocycles. The fourth-order valence-corrected chi connectivity index (χ4v) is 4.78. The van der Waals surface area contributed by atoms with Gasteiger partial charge in [0.05, 0.1) is 5.39 Å². The molecule has 0 radical (unpaired) electrons. The van der Waals surface area contributed by atoms with Gasteiger partial charge in [-0.3, -0.25) is 0 Å². The average Bonchev–Trinajstić information content (AvgIpc) is 3.56. The van der Waals surface area contributed by atoms with Gasteiger partial charge in [-0.25, -0.2) is 9.37 Å². The number of ether oxygens (including phenoxy) is 1. The molecule has 7 heteroatoms. The second-order valence-electron chi connectivity index (χ2n) is 7.89. The van der Waals surface area contributed by atoms with Crippen LogP contribution in [0.3, 0.4) is 0 Å². The van der Waals surface area contributed by atoms with Crippen LogP contribution in [0.4, 0.5) is 4.39 Å². The Bertz CT molecular complexity index is 1600. The zero-order valence-corrected chi connectivity index (χ0v) is 19.2. The van der Waals surface area contributed by atoms with Crippen LogP contribution in [-0.2, 0) is 6.61 Å². The number of hydrogen-bond acceptors (Lipinski definition) is 6. The summed E-state index contributed by atoms with van der Waals surface area (Å²) in [7, 11) is 0. The van der Waals surface area contributed by atoms with Gasteiger partial charge in [0, 0.05) is 28.1 Å². The minimum absolute atomic E-state index is 0.138. The number of benzene rings is 3. The van der Waals surface area contributed by atoms with Crippen LogP contribution in [0.15, 0.2) is 101 Å². The fraction of sp³-hybridized carbons (Fsp3) is 0.0357. The van der Waals surface area contributed by atoms with Crippen LogP contribution in [0.25, 0.3) is 44.0 Å². The lowest BCUT2D eigenvalue weighted by molar-refractivity contribution is 0.244. The van der Waals surface area contributed by atoms with Gasteiger partial charge in [0.2, 0.25) is 5.88 Å². The molecule has 0 unspecified atom stereocenters. The van der Waals surface area contributed by atoms with E-state index in [9.17, 15) is 4.39 Å². The third-order valence-corrected chi connectivity index (χ3v) is 6.44. The molecule has 0 saturated carbocycles. The van der Waals surface area contributed by atoms with Crippen LogP contribution in [0.5, 0.6) is 5.88 Å². The molecule has 0 atom stereocenters. The van der Waals surface area contributed by atoms with Gasteiger partial charge in [-0.15, -0.1) is 11.3 Å². The Morgan fingerprint density at radius 1 is 0.800 bits per heavy atom. The average molecular weight is 480 g/mol. The van der Waals surface area contributed by atoms with Crippen molar-refractivity contribution in [1.29, 1.82) is 0 Å². The summed E-state index contributed by atoms with van der Waals surface area (Å²) < 4.78 is 25.0. The Hall–Kier alpha value is -4.36. The Kier molecular flexibility index (Phi) is 5.52. The van der Waals surface area contributed by atoms with Crippen molar-refractivity contribution >= 4 is 21.6 Å². The van der Waals surface area contributed by atoms with E-state index in [2.05, 4.69) is 22.7 Å². The van der Waals surface area contributed by atoms with Crippen LogP contribution >= 0.6 is 11.3 Å². The van der Waals surface area contributed by atoms with Crippen molar-refractivity contribution < 1.29 is 13.7 Å². The van der Waals surface area contributed by atoms with E-state index in [1.54, 1.807) is 29.5 Å². The summed E-state index contributed by atoms with van der Waals surface area (Å²) in [5, 5.41) is 7.04. The second-order valence-corrected chi connectivity index (χ2v) is 8.75. The highest BCUT2D eigenvalue weighted by atomic mass is 32.1. The van der Waals surface area contributed by atoms with Crippen molar-refractivity contribution in [3.8, 4) is 39.7 Å². The summed E-state index contributed by atoms with van der Waals surface area (Å²) in [6.07, 6.45) is 0. The summed E-state index contributed by atoms with van der Waals surface area (Å²) >= 11 is 1.56. The lowest BCUT2D eigenvalue weighted by atomic mass is 10.1.